The summed E-state index contributed by atoms with van der Waals surface area (Å²) in [5, 5.41) is 9.64. The standard InChI is InChI=1S/C10H14FN3O3S/c11-8-3-1-4-9(7-8)14-10(15)13-5-2-6-18(12,16)17/h1,3-4,7H,2,5-6H2,(H2,12,16,17)(H2,13,14,15). The number of carbonyl (C=O) groups excluding carboxylic acids is 1. The summed E-state index contributed by atoms with van der Waals surface area (Å²) in [5.41, 5.74) is 0.318. The number of sulfonamides is 1. The fraction of sp³-hybridized carbons (Fsp3) is 0.300. The van der Waals surface area contributed by atoms with E-state index < -0.39 is 21.9 Å². The molecule has 0 aliphatic carbocycles. The largest absolute Gasteiger partial charge is 0.338 e. The van der Waals surface area contributed by atoms with Crippen molar-refractivity contribution in [2.24, 2.45) is 5.14 Å². The van der Waals surface area contributed by atoms with Crippen LogP contribution in [-0.2, 0) is 10.0 Å². The quantitative estimate of drug-likeness (QED) is 0.687. The minimum absolute atomic E-state index is 0.164. The van der Waals surface area contributed by atoms with Crippen molar-refractivity contribution < 1.29 is 17.6 Å². The zero-order chi connectivity index (χ0) is 13.6. The molecule has 0 spiro atoms. The van der Waals surface area contributed by atoms with Crippen LogP contribution in [-0.4, -0.2) is 26.7 Å². The molecule has 4 N–H and O–H groups in total. The van der Waals surface area contributed by atoms with Crippen molar-refractivity contribution in [3.63, 3.8) is 0 Å². The van der Waals surface area contributed by atoms with E-state index in [0.717, 1.165) is 0 Å². The Morgan fingerprint density at radius 3 is 2.72 bits per heavy atom. The number of nitrogens with one attached hydrogen (secondary N) is 2. The van der Waals surface area contributed by atoms with Gasteiger partial charge >= 0.3 is 6.03 Å². The Morgan fingerprint density at radius 2 is 2.11 bits per heavy atom. The molecule has 6 nitrogen and oxygen atoms in total. The summed E-state index contributed by atoms with van der Waals surface area (Å²) in [7, 11) is -3.51. The van der Waals surface area contributed by atoms with Gasteiger partial charge in [0.15, 0.2) is 0 Å². The molecule has 18 heavy (non-hydrogen) atoms. The molecule has 0 unspecified atom stereocenters. The zero-order valence-electron chi connectivity index (χ0n) is 9.52. The van der Waals surface area contributed by atoms with Crippen LogP contribution in [0, 0.1) is 5.82 Å². The third-order valence-corrected chi connectivity index (χ3v) is 2.83. The van der Waals surface area contributed by atoms with E-state index in [1.807, 2.05) is 0 Å². The fourth-order valence-corrected chi connectivity index (χ4v) is 1.76. The van der Waals surface area contributed by atoms with Gasteiger partial charge in [0.05, 0.1) is 5.75 Å². The number of carbonyl (C=O) groups is 1. The number of primary sulfonamides is 1. The second-order valence-corrected chi connectivity index (χ2v) is 5.35. The molecule has 2 amide bonds. The van der Waals surface area contributed by atoms with Crippen LogP contribution in [0.3, 0.4) is 0 Å². The Labute approximate surface area is 104 Å². The summed E-state index contributed by atoms with van der Waals surface area (Å²) in [6.45, 7) is 0.164. The van der Waals surface area contributed by atoms with Gasteiger partial charge in [-0.2, -0.15) is 0 Å². The summed E-state index contributed by atoms with van der Waals surface area (Å²) in [6, 6.07) is 4.90. The number of hydrogen-bond acceptors (Lipinski definition) is 3. The summed E-state index contributed by atoms with van der Waals surface area (Å²) in [4.78, 5) is 11.3. The van der Waals surface area contributed by atoms with Gasteiger partial charge in [0.1, 0.15) is 5.82 Å². The average molecular weight is 275 g/mol. The van der Waals surface area contributed by atoms with Gasteiger partial charge in [0.2, 0.25) is 10.0 Å². The summed E-state index contributed by atoms with van der Waals surface area (Å²) >= 11 is 0. The summed E-state index contributed by atoms with van der Waals surface area (Å²) in [5.74, 6) is -0.658. The van der Waals surface area contributed by atoms with Crippen LogP contribution in [0.5, 0.6) is 0 Å². The lowest BCUT2D eigenvalue weighted by Gasteiger charge is -2.07. The Kier molecular flexibility index (Phi) is 5.05. The molecule has 100 valence electrons. The molecule has 0 aliphatic heterocycles. The summed E-state index contributed by atoms with van der Waals surface area (Å²) < 4.78 is 34.0. The van der Waals surface area contributed by atoms with Crippen LogP contribution in [0.1, 0.15) is 6.42 Å². The molecule has 0 fully saturated rings. The Balaban J connectivity index is 2.30. The second-order valence-electron chi connectivity index (χ2n) is 3.61. The maximum absolute atomic E-state index is 12.8. The normalized spacial score (nSPS) is 11.0. The van der Waals surface area contributed by atoms with Crippen molar-refractivity contribution in [1.82, 2.24) is 5.32 Å². The Hall–Kier alpha value is -1.67. The first-order valence-corrected chi connectivity index (χ1v) is 6.89. The number of benzene rings is 1. The maximum atomic E-state index is 12.8. The monoisotopic (exact) mass is 275 g/mol. The molecular formula is C10H14FN3O3S. The van der Waals surface area contributed by atoms with E-state index in [0.29, 0.717) is 5.69 Å². The minimum atomic E-state index is -3.51. The van der Waals surface area contributed by atoms with Gasteiger partial charge < -0.3 is 10.6 Å². The molecule has 8 heteroatoms. The second kappa shape index (κ2) is 6.31. The molecular weight excluding hydrogens is 261 g/mol. The minimum Gasteiger partial charge on any atom is -0.338 e. The zero-order valence-corrected chi connectivity index (χ0v) is 10.3. The van der Waals surface area contributed by atoms with Crippen LogP contribution in [0.15, 0.2) is 24.3 Å². The van der Waals surface area contributed by atoms with Crippen molar-refractivity contribution in [2.45, 2.75) is 6.42 Å². The van der Waals surface area contributed by atoms with Crippen LogP contribution in [0.25, 0.3) is 0 Å². The van der Waals surface area contributed by atoms with E-state index in [1.54, 1.807) is 0 Å². The molecule has 0 saturated heterocycles. The van der Waals surface area contributed by atoms with E-state index in [1.165, 1.54) is 24.3 Å². The van der Waals surface area contributed by atoms with Crippen molar-refractivity contribution >= 4 is 21.7 Å². The number of halogens is 1. The number of nitrogens with two attached hydrogens (primary N) is 1. The first-order valence-electron chi connectivity index (χ1n) is 5.18. The lowest BCUT2D eigenvalue weighted by Crippen LogP contribution is -2.31. The number of urea groups is 1. The van der Waals surface area contributed by atoms with Crippen LogP contribution in [0.2, 0.25) is 0 Å². The lowest BCUT2D eigenvalue weighted by atomic mass is 10.3. The van der Waals surface area contributed by atoms with Gasteiger partial charge in [-0.3, -0.25) is 0 Å². The molecule has 0 aromatic heterocycles. The molecule has 1 rings (SSSR count). The third-order valence-electron chi connectivity index (χ3n) is 1.97. The number of anilines is 1. The molecule has 0 radical (unpaired) electrons. The van der Waals surface area contributed by atoms with Gasteiger partial charge in [-0.25, -0.2) is 22.7 Å². The highest BCUT2D eigenvalue weighted by Crippen LogP contribution is 2.08. The Bertz CT molecular complexity index is 519. The molecule has 0 heterocycles. The number of rotatable bonds is 5. The maximum Gasteiger partial charge on any atom is 0.319 e. The van der Waals surface area contributed by atoms with Gasteiger partial charge in [0, 0.05) is 12.2 Å². The molecule has 0 aliphatic rings. The van der Waals surface area contributed by atoms with Crippen LogP contribution >= 0.6 is 0 Å². The Morgan fingerprint density at radius 1 is 1.39 bits per heavy atom. The van der Waals surface area contributed by atoms with Gasteiger partial charge in [-0.1, -0.05) is 6.07 Å². The van der Waals surface area contributed by atoms with E-state index in [-0.39, 0.29) is 18.7 Å². The SMILES string of the molecule is NS(=O)(=O)CCCNC(=O)Nc1cccc(F)c1. The van der Waals surface area contributed by atoms with Crippen molar-refractivity contribution in [2.75, 3.05) is 17.6 Å². The van der Waals surface area contributed by atoms with Crippen molar-refractivity contribution in [1.29, 1.82) is 0 Å². The highest BCUT2D eigenvalue weighted by Gasteiger charge is 2.04. The van der Waals surface area contributed by atoms with E-state index in [4.69, 9.17) is 5.14 Å². The number of amides is 2. The highest BCUT2D eigenvalue weighted by molar-refractivity contribution is 7.89. The first kappa shape index (κ1) is 14.4. The first-order chi connectivity index (χ1) is 8.37. The summed E-state index contributed by atoms with van der Waals surface area (Å²) in [6.07, 6.45) is 0.218. The molecule has 0 saturated carbocycles. The highest BCUT2D eigenvalue weighted by atomic mass is 32.2. The van der Waals surface area contributed by atoms with Crippen molar-refractivity contribution in [3.05, 3.63) is 30.1 Å². The molecule has 0 bridgehead atoms. The third kappa shape index (κ3) is 6.16. The van der Waals surface area contributed by atoms with Gasteiger partial charge in [-0.15, -0.1) is 0 Å². The van der Waals surface area contributed by atoms with E-state index in [9.17, 15) is 17.6 Å². The fourth-order valence-electron chi connectivity index (χ4n) is 1.22. The molecule has 1 aromatic carbocycles. The van der Waals surface area contributed by atoms with Crippen LogP contribution in [0.4, 0.5) is 14.9 Å². The number of hydrogen-bond donors (Lipinski definition) is 3. The van der Waals surface area contributed by atoms with Crippen LogP contribution < -0.4 is 15.8 Å². The van der Waals surface area contributed by atoms with E-state index in [2.05, 4.69) is 10.6 Å². The molecule has 0 atom stereocenters. The van der Waals surface area contributed by atoms with Crippen molar-refractivity contribution in [3.8, 4) is 0 Å². The smallest absolute Gasteiger partial charge is 0.319 e. The van der Waals surface area contributed by atoms with Gasteiger partial charge in [0.25, 0.3) is 0 Å². The van der Waals surface area contributed by atoms with Gasteiger partial charge in [-0.05, 0) is 24.6 Å². The lowest BCUT2D eigenvalue weighted by molar-refractivity contribution is 0.252. The predicted octanol–water partition coefficient (Wildman–Crippen LogP) is 0.626. The average Bonchev–Trinajstić information content (AvgIpc) is 2.23. The predicted molar refractivity (Wildman–Crippen MR) is 66.0 cm³/mol. The molecule has 1 aromatic rings. The van der Waals surface area contributed by atoms with E-state index >= 15 is 0 Å². The topological polar surface area (TPSA) is 101 Å².